The van der Waals surface area contributed by atoms with Crippen molar-refractivity contribution in [3.05, 3.63) is 35.9 Å². The van der Waals surface area contributed by atoms with Crippen molar-refractivity contribution >= 4 is 5.91 Å². The van der Waals surface area contributed by atoms with Crippen LogP contribution in [0.15, 0.2) is 24.8 Å². The van der Waals surface area contributed by atoms with Crippen molar-refractivity contribution in [3.63, 3.8) is 0 Å². The van der Waals surface area contributed by atoms with Gasteiger partial charge in [-0.15, -0.1) is 0 Å². The van der Waals surface area contributed by atoms with Crippen molar-refractivity contribution in [1.82, 2.24) is 25.1 Å². The first-order chi connectivity index (χ1) is 9.35. The third kappa shape index (κ3) is 3.61. The highest BCUT2D eigenvalue weighted by molar-refractivity contribution is 5.92. The minimum absolute atomic E-state index is 0.0387. The Kier molecular flexibility index (Phi) is 3.80. The van der Waals surface area contributed by atoms with Crippen LogP contribution in [0.1, 0.15) is 36.7 Å². The summed E-state index contributed by atoms with van der Waals surface area (Å²) in [5, 5.41) is 7.35. The van der Waals surface area contributed by atoms with Crippen molar-refractivity contribution in [2.24, 2.45) is 5.73 Å². The van der Waals surface area contributed by atoms with Crippen LogP contribution in [0, 0.1) is 0 Å². The Morgan fingerprint density at radius 1 is 1.30 bits per heavy atom. The number of carbonyl (C=O) groups excluding carboxylic acids is 1. The molecule has 0 fully saturated rings. The van der Waals surface area contributed by atoms with Crippen LogP contribution in [0.4, 0.5) is 0 Å². The summed E-state index contributed by atoms with van der Waals surface area (Å²) in [7, 11) is 0. The number of amides is 1. The Hall–Kier alpha value is -2.28. The SMILES string of the molecule is CC(C)(C)NCc1cnc(-n2cc(C(N)=O)cn2)nc1. The van der Waals surface area contributed by atoms with E-state index in [1.165, 1.54) is 17.1 Å². The summed E-state index contributed by atoms with van der Waals surface area (Å²) in [6.45, 7) is 6.97. The highest BCUT2D eigenvalue weighted by atomic mass is 16.1. The predicted octanol–water partition coefficient (Wildman–Crippen LogP) is 0.649. The summed E-state index contributed by atoms with van der Waals surface area (Å²) < 4.78 is 1.42. The number of aromatic nitrogens is 4. The van der Waals surface area contributed by atoms with E-state index in [0.717, 1.165) is 5.56 Å². The van der Waals surface area contributed by atoms with Crippen LogP contribution >= 0.6 is 0 Å². The van der Waals surface area contributed by atoms with Crippen LogP contribution in [0.25, 0.3) is 5.95 Å². The molecule has 20 heavy (non-hydrogen) atoms. The maximum atomic E-state index is 11.0. The van der Waals surface area contributed by atoms with Crippen molar-refractivity contribution in [3.8, 4) is 5.95 Å². The van der Waals surface area contributed by atoms with Crippen molar-refractivity contribution in [2.45, 2.75) is 32.9 Å². The second-order valence-electron chi connectivity index (χ2n) is 5.53. The van der Waals surface area contributed by atoms with Gasteiger partial charge in [-0.2, -0.15) is 5.10 Å². The summed E-state index contributed by atoms with van der Waals surface area (Å²) in [4.78, 5) is 19.4. The number of rotatable bonds is 4. The van der Waals surface area contributed by atoms with Gasteiger partial charge in [0, 0.05) is 36.2 Å². The molecule has 0 aliphatic carbocycles. The van der Waals surface area contributed by atoms with Gasteiger partial charge >= 0.3 is 0 Å². The van der Waals surface area contributed by atoms with Gasteiger partial charge in [0.15, 0.2) is 0 Å². The summed E-state index contributed by atoms with van der Waals surface area (Å²) in [5.41, 5.74) is 6.51. The van der Waals surface area contributed by atoms with Crippen LogP contribution < -0.4 is 11.1 Å². The van der Waals surface area contributed by atoms with Crippen LogP contribution in [0.5, 0.6) is 0 Å². The van der Waals surface area contributed by atoms with E-state index in [9.17, 15) is 4.79 Å². The average molecular weight is 274 g/mol. The van der Waals surface area contributed by atoms with Crippen LogP contribution in [-0.4, -0.2) is 31.2 Å². The number of nitrogens with one attached hydrogen (secondary N) is 1. The Balaban J connectivity index is 2.09. The zero-order valence-corrected chi connectivity index (χ0v) is 11.8. The first-order valence-corrected chi connectivity index (χ1v) is 6.26. The Labute approximate surface area is 117 Å². The van der Waals surface area contributed by atoms with Crippen LogP contribution in [0.2, 0.25) is 0 Å². The van der Waals surface area contributed by atoms with E-state index >= 15 is 0 Å². The lowest BCUT2D eigenvalue weighted by molar-refractivity contribution is 0.100. The molecular formula is C13H18N6O. The van der Waals surface area contributed by atoms with Gasteiger partial charge in [0.05, 0.1) is 11.8 Å². The fraction of sp³-hybridized carbons (Fsp3) is 0.385. The quantitative estimate of drug-likeness (QED) is 0.852. The molecule has 2 heterocycles. The molecule has 3 N–H and O–H groups in total. The van der Waals surface area contributed by atoms with Gasteiger partial charge in [-0.3, -0.25) is 4.79 Å². The average Bonchev–Trinajstić information content (AvgIpc) is 2.86. The molecule has 0 atom stereocenters. The molecule has 0 spiro atoms. The molecule has 2 aromatic rings. The Morgan fingerprint density at radius 3 is 2.45 bits per heavy atom. The molecule has 2 rings (SSSR count). The lowest BCUT2D eigenvalue weighted by Gasteiger charge is -2.20. The summed E-state index contributed by atoms with van der Waals surface area (Å²) >= 11 is 0. The van der Waals surface area contributed by atoms with E-state index in [4.69, 9.17) is 5.73 Å². The van der Waals surface area contributed by atoms with Crippen molar-refractivity contribution in [1.29, 1.82) is 0 Å². The van der Waals surface area contributed by atoms with Gasteiger partial charge in [-0.05, 0) is 20.8 Å². The lowest BCUT2D eigenvalue weighted by Crippen LogP contribution is -2.35. The molecule has 2 aromatic heterocycles. The smallest absolute Gasteiger partial charge is 0.251 e. The van der Waals surface area contributed by atoms with Gasteiger partial charge in [0.25, 0.3) is 5.91 Å². The highest BCUT2D eigenvalue weighted by Crippen LogP contribution is 2.05. The van der Waals surface area contributed by atoms with E-state index in [-0.39, 0.29) is 5.54 Å². The maximum Gasteiger partial charge on any atom is 0.251 e. The molecular weight excluding hydrogens is 256 g/mol. The second kappa shape index (κ2) is 5.38. The zero-order chi connectivity index (χ0) is 14.8. The number of hydrogen-bond donors (Lipinski definition) is 2. The largest absolute Gasteiger partial charge is 0.366 e. The number of hydrogen-bond acceptors (Lipinski definition) is 5. The van der Waals surface area contributed by atoms with Gasteiger partial charge in [0.1, 0.15) is 0 Å². The molecule has 7 heteroatoms. The van der Waals surface area contributed by atoms with Gasteiger partial charge in [0.2, 0.25) is 5.95 Å². The molecule has 0 aromatic carbocycles. The molecule has 0 saturated heterocycles. The Bertz CT molecular complexity index is 596. The van der Waals surface area contributed by atoms with Gasteiger partial charge < -0.3 is 11.1 Å². The van der Waals surface area contributed by atoms with E-state index in [1.54, 1.807) is 12.4 Å². The molecule has 0 bridgehead atoms. The third-order valence-corrected chi connectivity index (χ3v) is 2.59. The predicted molar refractivity (Wildman–Crippen MR) is 74.3 cm³/mol. The molecule has 106 valence electrons. The van der Waals surface area contributed by atoms with Gasteiger partial charge in [-0.1, -0.05) is 0 Å². The van der Waals surface area contributed by atoms with Crippen molar-refractivity contribution < 1.29 is 4.79 Å². The fourth-order valence-corrected chi connectivity index (χ4v) is 1.48. The van der Waals surface area contributed by atoms with E-state index < -0.39 is 5.91 Å². The molecule has 0 radical (unpaired) electrons. The van der Waals surface area contributed by atoms with Crippen molar-refractivity contribution in [2.75, 3.05) is 0 Å². The number of primary amides is 1. The molecule has 0 aliphatic heterocycles. The summed E-state index contributed by atoms with van der Waals surface area (Å²) in [5.74, 6) is -0.126. The summed E-state index contributed by atoms with van der Waals surface area (Å²) in [6, 6.07) is 0. The highest BCUT2D eigenvalue weighted by Gasteiger charge is 2.10. The lowest BCUT2D eigenvalue weighted by atomic mass is 10.1. The molecule has 7 nitrogen and oxygen atoms in total. The third-order valence-electron chi connectivity index (χ3n) is 2.59. The fourth-order valence-electron chi connectivity index (χ4n) is 1.48. The first-order valence-electron chi connectivity index (χ1n) is 6.26. The second-order valence-corrected chi connectivity index (χ2v) is 5.53. The van der Waals surface area contributed by atoms with E-state index in [2.05, 4.69) is 41.2 Å². The van der Waals surface area contributed by atoms with Crippen LogP contribution in [0.3, 0.4) is 0 Å². The van der Waals surface area contributed by atoms with E-state index in [1.807, 2.05) is 0 Å². The van der Waals surface area contributed by atoms with E-state index in [0.29, 0.717) is 18.1 Å². The molecule has 0 saturated carbocycles. The minimum Gasteiger partial charge on any atom is -0.366 e. The first kappa shape index (κ1) is 14.1. The standard InChI is InChI=1S/C13H18N6O/c1-13(2,3)17-6-9-4-15-12(16-5-9)19-8-10(7-18-19)11(14)20/h4-5,7-8,17H,6H2,1-3H3,(H2,14,20). The van der Waals surface area contributed by atoms with Crippen LogP contribution in [-0.2, 0) is 6.54 Å². The monoisotopic (exact) mass is 274 g/mol. The normalized spacial score (nSPS) is 11.6. The Morgan fingerprint density at radius 2 is 1.95 bits per heavy atom. The topological polar surface area (TPSA) is 98.7 Å². The number of carbonyl (C=O) groups is 1. The van der Waals surface area contributed by atoms with Gasteiger partial charge in [-0.25, -0.2) is 14.6 Å². The molecule has 0 aliphatic rings. The maximum absolute atomic E-state index is 11.0. The summed E-state index contributed by atoms with van der Waals surface area (Å²) in [6.07, 6.45) is 6.35. The zero-order valence-electron chi connectivity index (χ0n) is 11.8. The number of nitrogens with two attached hydrogens (primary N) is 1. The molecule has 0 unspecified atom stereocenters. The minimum atomic E-state index is -0.526. The molecule has 1 amide bonds. The number of nitrogens with zero attached hydrogens (tertiary/aromatic N) is 4.